The lowest BCUT2D eigenvalue weighted by Gasteiger charge is -2.45. The first-order valence-corrected chi connectivity index (χ1v) is 7.95. The number of likely N-dealkylation sites (N-methyl/N-ethyl adjacent to an activating group) is 1. The topological polar surface area (TPSA) is 39.1 Å². The molecule has 0 aliphatic heterocycles. The molecule has 3 nitrogen and oxygen atoms in total. The molecule has 0 saturated heterocycles. The second-order valence-electron chi connectivity index (χ2n) is 6.48. The van der Waals surface area contributed by atoms with Crippen LogP contribution in [0.4, 0.5) is 5.69 Å². The fraction of sp³-hybridized carbons (Fsp3) is 0.588. The number of anilines is 1. The van der Waals surface area contributed by atoms with Crippen molar-refractivity contribution in [2.45, 2.75) is 38.1 Å². The van der Waals surface area contributed by atoms with Crippen LogP contribution >= 0.6 is 11.6 Å². The molecule has 0 amide bonds. The van der Waals surface area contributed by atoms with E-state index in [1.165, 1.54) is 25.7 Å². The summed E-state index contributed by atoms with van der Waals surface area (Å²) in [5.74, 6) is 0.771. The molecular formula is C17H24ClN3. The Hall–Kier alpha value is -1.24. The first-order chi connectivity index (χ1) is 9.97. The fourth-order valence-corrected chi connectivity index (χ4v) is 3.56. The van der Waals surface area contributed by atoms with Gasteiger partial charge in [0.1, 0.15) is 6.07 Å². The van der Waals surface area contributed by atoms with Crippen molar-refractivity contribution < 1.29 is 0 Å². The molecular weight excluding hydrogens is 282 g/mol. The normalized spacial score (nSPS) is 25.6. The summed E-state index contributed by atoms with van der Waals surface area (Å²) in [6.07, 6.45) is 5.06. The van der Waals surface area contributed by atoms with Crippen LogP contribution < -0.4 is 5.32 Å². The third-order valence-corrected chi connectivity index (χ3v) is 5.04. The largest absolute Gasteiger partial charge is 0.383 e. The molecule has 0 heterocycles. The maximum atomic E-state index is 8.92. The van der Waals surface area contributed by atoms with Gasteiger partial charge in [-0.1, -0.05) is 31.4 Å². The molecule has 2 atom stereocenters. The molecule has 1 aliphatic carbocycles. The van der Waals surface area contributed by atoms with Gasteiger partial charge < -0.3 is 10.2 Å². The number of halogens is 1. The zero-order valence-corrected chi connectivity index (χ0v) is 13.9. The van der Waals surface area contributed by atoms with Gasteiger partial charge in [-0.05, 0) is 51.1 Å². The highest BCUT2D eigenvalue weighted by molar-refractivity contribution is 6.32. The smallest absolute Gasteiger partial charge is 0.101 e. The molecule has 0 spiro atoms. The number of benzene rings is 1. The molecule has 4 heteroatoms. The van der Waals surface area contributed by atoms with E-state index < -0.39 is 0 Å². The molecule has 1 aromatic rings. The molecule has 2 rings (SSSR count). The van der Waals surface area contributed by atoms with Crippen molar-refractivity contribution in [3.8, 4) is 6.07 Å². The molecule has 1 N–H and O–H groups in total. The lowest BCUT2D eigenvalue weighted by molar-refractivity contribution is 0.0882. The molecule has 1 aliphatic rings. The Morgan fingerprint density at radius 2 is 2.24 bits per heavy atom. The van der Waals surface area contributed by atoms with Crippen LogP contribution in [0.3, 0.4) is 0 Å². The highest BCUT2D eigenvalue weighted by Gasteiger charge is 2.36. The van der Waals surface area contributed by atoms with Crippen LogP contribution in [0.5, 0.6) is 0 Å². The van der Waals surface area contributed by atoms with Crippen LogP contribution in [-0.2, 0) is 0 Å². The minimum absolute atomic E-state index is 0.206. The van der Waals surface area contributed by atoms with Crippen molar-refractivity contribution in [3.63, 3.8) is 0 Å². The quantitative estimate of drug-likeness (QED) is 0.909. The van der Waals surface area contributed by atoms with E-state index in [0.717, 1.165) is 18.2 Å². The van der Waals surface area contributed by atoms with Gasteiger partial charge in [-0.2, -0.15) is 5.26 Å². The van der Waals surface area contributed by atoms with Gasteiger partial charge in [0.25, 0.3) is 0 Å². The highest BCUT2D eigenvalue weighted by atomic mass is 35.5. The molecule has 21 heavy (non-hydrogen) atoms. The SMILES string of the molecule is CC1CCCC(CNc2ccc(C#N)c(Cl)c2)(N(C)C)C1. The van der Waals surface area contributed by atoms with Crippen molar-refractivity contribution in [1.82, 2.24) is 4.90 Å². The van der Waals surface area contributed by atoms with Gasteiger partial charge in [0, 0.05) is 17.8 Å². The summed E-state index contributed by atoms with van der Waals surface area (Å²) in [6, 6.07) is 7.64. The molecule has 0 bridgehead atoms. The number of nitriles is 1. The van der Waals surface area contributed by atoms with Crippen LogP contribution in [0.15, 0.2) is 18.2 Å². The van der Waals surface area contributed by atoms with Crippen LogP contribution in [-0.4, -0.2) is 31.1 Å². The second-order valence-corrected chi connectivity index (χ2v) is 6.89. The minimum atomic E-state index is 0.206. The Balaban J connectivity index is 2.09. The zero-order chi connectivity index (χ0) is 15.5. The van der Waals surface area contributed by atoms with E-state index in [1.807, 2.05) is 12.1 Å². The third kappa shape index (κ3) is 3.70. The standard InChI is InChI=1S/C17H24ClN3/c1-13-5-4-8-17(10-13,21(2)3)12-20-15-7-6-14(11-19)16(18)9-15/h6-7,9,13,20H,4-5,8,10,12H2,1-3H3. The average Bonchev–Trinajstić information content (AvgIpc) is 2.45. The van der Waals surface area contributed by atoms with E-state index in [-0.39, 0.29) is 5.54 Å². The summed E-state index contributed by atoms with van der Waals surface area (Å²) in [6.45, 7) is 3.25. The molecule has 2 unspecified atom stereocenters. The summed E-state index contributed by atoms with van der Waals surface area (Å²) < 4.78 is 0. The van der Waals surface area contributed by atoms with Gasteiger partial charge >= 0.3 is 0 Å². The van der Waals surface area contributed by atoms with E-state index in [9.17, 15) is 0 Å². The Bertz CT molecular complexity index is 535. The highest BCUT2D eigenvalue weighted by Crippen LogP contribution is 2.36. The lowest BCUT2D eigenvalue weighted by Crippen LogP contribution is -2.52. The predicted molar refractivity (Wildman–Crippen MR) is 88.7 cm³/mol. The van der Waals surface area contributed by atoms with Gasteiger partial charge in [-0.15, -0.1) is 0 Å². The van der Waals surface area contributed by atoms with Crippen LogP contribution in [0.25, 0.3) is 0 Å². The Morgan fingerprint density at radius 3 is 2.81 bits per heavy atom. The first kappa shape index (κ1) is 16.1. The van der Waals surface area contributed by atoms with Crippen molar-refractivity contribution in [1.29, 1.82) is 5.26 Å². The maximum absolute atomic E-state index is 8.92. The van der Waals surface area contributed by atoms with E-state index in [1.54, 1.807) is 6.07 Å². The summed E-state index contributed by atoms with van der Waals surface area (Å²) in [5.41, 5.74) is 1.71. The molecule has 0 aromatic heterocycles. The Kier molecular flexibility index (Phi) is 5.13. The van der Waals surface area contributed by atoms with Gasteiger partial charge in [0.05, 0.1) is 10.6 Å². The molecule has 0 radical (unpaired) electrons. The van der Waals surface area contributed by atoms with Crippen molar-refractivity contribution in [2.75, 3.05) is 26.0 Å². The fourth-order valence-electron chi connectivity index (χ4n) is 3.34. The number of hydrogen-bond acceptors (Lipinski definition) is 3. The zero-order valence-electron chi connectivity index (χ0n) is 13.1. The van der Waals surface area contributed by atoms with E-state index in [0.29, 0.717) is 10.6 Å². The van der Waals surface area contributed by atoms with Crippen molar-refractivity contribution >= 4 is 17.3 Å². The molecule has 1 fully saturated rings. The Morgan fingerprint density at radius 1 is 1.48 bits per heavy atom. The summed E-state index contributed by atoms with van der Waals surface area (Å²) in [5, 5.41) is 13.0. The van der Waals surface area contributed by atoms with Gasteiger partial charge in [0.2, 0.25) is 0 Å². The molecule has 114 valence electrons. The number of hydrogen-bond donors (Lipinski definition) is 1. The number of nitrogens with zero attached hydrogens (tertiary/aromatic N) is 2. The van der Waals surface area contributed by atoms with Crippen LogP contribution in [0, 0.1) is 17.2 Å². The monoisotopic (exact) mass is 305 g/mol. The minimum Gasteiger partial charge on any atom is -0.383 e. The predicted octanol–water partition coefficient (Wildman–Crippen LogP) is 4.13. The van der Waals surface area contributed by atoms with Crippen LogP contribution in [0.2, 0.25) is 5.02 Å². The number of nitrogens with one attached hydrogen (secondary N) is 1. The summed E-state index contributed by atoms with van der Waals surface area (Å²) in [7, 11) is 4.34. The molecule has 1 aromatic carbocycles. The maximum Gasteiger partial charge on any atom is 0.101 e. The average molecular weight is 306 g/mol. The third-order valence-electron chi connectivity index (χ3n) is 4.73. The van der Waals surface area contributed by atoms with Crippen molar-refractivity contribution in [3.05, 3.63) is 28.8 Å². The summed E-state index contributed by atoms with van der Waals surface area (Å²) >= 11 is 6.10. The molecule has 1 saturated carbocycles. The summed E-state index contributed by atoms with van der Waals surface area (Å²) in [4.78, 5) is 2.36. The Labute approximate surface area is 132 Å². The van der Waals surface area contributed by atoms with Crippen LogP contribution in [0.1, 0.15) is 38.2 Å². The lowest BCUT2D eigenvalue weighted by atomic mass is 9.75. The van der Waals surface area contributed by atoms with Gasteiger partial charge in [0.15, 0.2) is 0 Å². The van der Waals surface area contributed by atoms with Crippen molar-refractivity contribution in [2.24, 2.45) is 5.92 Å². The number of rotatable bonds is 4. The first-order valence-electron chi connectivity index (χ1n) is 7.58. The van der Waals surface area contributed by atoms with E-state index in [4.69, 9.17) is 16.9 Å². The van der Waals surface area contributed by atoms with Gasteiger partial charge in [-0.3, -0.25) is 0 Å². The van der Waals surface area contributed by atoms with E-state index in [2.05, 4.69) is 37.3 Å². The second kappa shape index (κ2) is 6.68. The van der Waals surface area contributed by atoms with E-state index >= 15 is 0 Å². The van der Waals surface area contributed by atoms with Gasteiger partial charge in [-0.25, -0.2) is 0 Å².